The molecule has 0 radical (unpaired) electrons. The monoisotopic (exact) mass is 396 g/mol. The molecule has 1 N–H and O–H groups in total. The minimum Gasteiger partial charge on any atom is -0.453 e. The molecule has 0 spiro atoms. The summed E-state index contributed by atoms with van der Waals surface area (Å²) < 4.78 is 5.36. The molecule has 152 valence electrons. The molecule has 1 saturated heterocycles. The van der Waals surface area contributed by atoms with Gasteiger partial charge >= 0.3 is 5.97 Å². The fraction of sp³-hybridized carbons (Fsp3) is 0.455. The number of aromatic amines is 1. The first-order valence-electron chi connectivity index (χ1n) is 10.1. The highest BCUT2D eigenvalue weighted by Gasteiger charge is 2.51. The fourth-order valence-corrected chi connectivity index (χ4v) is 4.50. The Hall–Kier alpha value is -2.96. The Kier molecular flexibility index (Phi) is 4.98. The Labute approximate surface area is 168 Å². The van der Waals surface area contributed by atoms with Crippen molar-refractivity contribution in [3.8, 4) is 0 Å². The average Bonchev–Trinajstić information content (AvgIpc) is 3.26. The molecule has 2 aromatic rings. The number of para-hydroxylation sites is 1. The Bertz CT molecular complexity index is 970. The SMILES string of the molecule is C[C@@H](OC(=O)[C@H](C)N1C(=O)[C@H]2CCCC[C@@H]2C1=O)C(=O)c1c[nH]c2ccccc12. The van der Waals surface area contributed by atoms with E-state index >= 15 is 0 Å². The molecular formula is C22H24N2O5. The van der Waals surface area contributed by atoms with Gasteiger partial charge in [-0.25, -0.2) is 4.79 Å². The van der Waals surface area contributed by atoms with Gasteiger partial charge < -0.3 is 9.72 Å². The van der Waals surface area contributed by atoms with Crippen molar-refractivity contribution in [3.63, 3.8) is 0 Å². The van der Waals surface area contributed by atoms with Crippen molar-refractivity contribution in [1.29, 1.82) is 0 Å². The summed E-state index contributed by atoms with van der Waals surface area (Å²) in [7, 11) is 0. The number of benzene rings is 1. The van der Waals surface area contributed by atoms with E-state index < -0.39 is 18.1 Å². The second-order valence-corrected chi connectivity index (χ2v) is 7.91. The zero-order valence-corrected chi connectivity index (χ0v) is 16.5. The third kappa shape index (κ3) is 3.24. The predicted octanol–water partition coefficient (Wildman–Crippen LogP) is 2.85. The van der Waals surface area contributed by atoms with Crippen LogP contribution >= 0.6 is 0 Å². The predicted molar refractivity (Wildman–Crippen MR) is 105 cm³/mol. The van der Waals surface area contributed by atoms with Crippen LogP contribution in [-0.4, -0.2) is 45.6 Å². The number of amides is 2. The Morgan fingerprint density at radius 2 is 1.69 bits per heavy atom. The number of imide groups is 1. The lowest BCUT2D eigenvalue weighted by Gasteiger charge is -2.23. The number of hydrogen-bond acceptors (Lipinski definition) is 5. The van der Waals surface area contributed by atoms with Crippen LogP contribution < -0.4 is 0 Å². The number of rotatable bonds is 5. The van der Waals surface area contributed by atoms with Crippen LogP contribution in [0.2, 0.25) is 0 Å². The largest absolute Gasteiger partial charge is 0.453 e. The van der Waals surface area contributed by atoms with Gasteiger partial charge in [0.05, 0.1) is 11.8 Å². The van der Waals surface area contributed by atoms with Crippen LogP contribution in [0.5, 0.6) is 0 Å². The number of H-pyrrole nitrogens is 1. The molecule has 2 aliphatic rings. The first-order valence-corrected chi connectivity index (χ1v) is 10.1. The second kappa shape index (κ2) is 7.46. The molecule has 29 heavy (non-hydrogen) atoms. The molecule has 1 aliphatic heterocycles. The molecule has 2 fully saturated rings. The summed E-state index contributed by atoms with van der Waals surface area (Å²) in [6.07, 6.45) is 3.77. The van der Waals surface area contributed by atoms with E-state index in [9.17, 15) is 19.2 Å². The maximum atomic E-state index is 12.8. The number of ether oxygens (including phenoxy) is 1. The molecule has 2 heterocycles. The van der Waals surface area contributed by atoms with Crippen molar-refractivity contribution >= 4 is 34.5 Å². The minimum absolute atomic E-state index is 0.292. The zero-order chi connectivity index (χ0) is 20.7. The van der Waals surface area contributed by atoms with E-state index in [-0.39, 0.29) is 29.4 Å². The number of Topliss-reactive ketones (excluding diaryl/α,β-unsaturated/α-hetero) is 1. The van der Waals surface area contributed by atoms with E-state index in [0.29, 0.717) is 18.4 Å². The molecule has 2 amide bonds. The maximum Gasteiger partial charge on any atom is 0.329 e. The van der Waals surface area contributed by atoms with E-state index in [0.717, 1.165) is 28.6 Å². The number of fused-ring (bicyclic) bond motifs is 2. The molecule has 0 bridgehead atoms. The highest BCUT2D eigenvalue weighted by Crippen LogP contribution is 2.39. The quantitative estimate of drug-likeness (QED) is 0.476. The normalized spacial score (nSPS) is 23.7. The van der Waals surface area contributed by atoms with Gasteiger partial charge in [0.15, 0.2) is 6.10 Å². The molecule has 4 atom stereocenters. The molecule has 1 aromatic heterocycles. The van der Waals surface area contributed by atoms with Gasteiger partial charge in [-0.1, -0.05) is 31.0 Å². The summed E-state index contributed by atoms with van der Waals surface area (Å²) in [6.45, 7) is 2.99. The molecule has 1 aromatic carbocycles. The van der Waals surface area contributed by atoms with E-state index in [1.54, 1.807) is 6.20 Å². The number of likely N-dealkylation sites (tertiary alicyclic amines) is 1. The second-order valence-electron chi connectivity index (χ2n) is 7.91. The number of nitrogens with zero attached hydrogens (tertiary/aromatic N) is 1. The maximum absolute atomic E-state index is 12.8. The van der Waals surface area contributed by atoms with Crippen LogP contribution in [0.4, 0.5) is 0 Å². The number of ketones is 1. The average molecular weight is 396 g/mol. The summed E-state index contributed by atoms with van der Waals surface area (Å²) >= 11 is 0. The van der Waals surface area contributed by atoms with E-state index in [1.165, 1.54) is 13.8 Å². The summed E-state index contributed by atoms with van der Waals surface area (Å²) in [5, 5.41) is 0.752. The molecule has 0 unspecified atom stereocenters. The Balaban J connectivity index is 1.46. The van der Waals surface area contributed by atoms with Gasteiger partial charge in [-0.05, 0) is 32.8 Å². The summed E-state index contributed by atoms with van der Waals surface area (Å²) in [5.41, 5.74) is 1.26. The molecular weight excluding hydrogens is 372 g/mol. The molecule has 7 nitrogen and oxygen atoms in total. The first-order chi connectivity index (χ1) is 13.9. The van der Waals surface area contributed by atoms with Gasteiger partial charge in [0.25, 0.3) is 0 Å². The lowest BCUT2D eigenvalue weighted by molar-refractivity contribution is -0.159. The van der Waals surface area contributed by atoms with E-state index in [2.05, 4.69) is 4.98 Å². The summed E-state index contributed by atoms with van der Waals surface area (Å²) in [5.74, 6) is -2.31. The van der Waals surface area contributed by atoms with Crippen LogP contribution in [0.25, 0.3) is 10.9 Å². The third-order valence-corrected chi connectivity index (χ3v) is 6.12. The van der Waals surface area contributed by atoms with Crippen LogP contribution in [0.3, 0.4) is 0 Å². The lowest BCUT2D eigenvalue weighted by Crippen LogP contribution is -2.45. The number of esters is 1. The summed E-state index contributed by atoms with van der Waals surface area (Å²) in [6, 6.07) is 6.32. The number of carbonyl (C=O) groups is 4. The van der Waals surface area contributed by atoms with E-state index in [4.69, 9.17) is 4.74 Å². The number of hydrogen-bond donors (Lipinski definition) is 1. The van der Waals surface area contributed by atoms with Crippen molar-refractivity contribution in [2.45, 2.75) is 51.7 Å². The standard InChI is InChI=1S/C22H24N2O5/c1-12(24-20(26)15-8-3-4-9-16(15)21(24)27)22(28)29-13(2)19(25)17-11-23-18-10-6-5-7-14(17)18/h5-7,10-13,15-16,23H,3-4,8-9H2,1-2H3/t12-,13+,15-,16-/m0/s1. The first kappa shape index (κ1) is 19.4. The van der Waals surface area contributed by atoms with Gasteiger partial charge in [0, 0.05) is 22.7 Å². The van der Waals surface area contributed by atoms with Crippen molar-refractivity contribution < 1.29 is 23.9 Å². The van der Waals surface area contributed by atoms with E-state index in [1.807, 2.05) is 24.3 Å². The highest BCUT2D eigenvalue weighted by molar-refractivity contribution is 6.11. The fourth-order valence-electron chi connectivity index (χ4n) is 4.50. The van der Waals surface area contributed by atoms with Gasteiger partial charge in [-0.3, -0.25) is 19.3 Å². The highest BCUT2D eigenvalue weighted by atomic mass is 16.5. The minimum atomic E-state index is -1.04. The summed E-state index contributed by atoms with van der Waals surface area (Å²) in [4.78, 5) is 54.9. The van der Waals surface area contributed by atoms with Gasteiger partial charge in [0.2, 0.25) is 17.6 Å². The van der Waals surface area contributed by atoms with Crippen molar-refractivity contribution in [3.05, 3.63) is 36.0 Å². The van der Waals surface area contributed by atoms with Crippen LogP contribution in [-0.2, 0) is 19.1 Å². The van der Waals surface area contributed by atoms with Crippen LogP contribution in [0.1, 0.15) is 49.9 Å². The van der Waals surface area contributed by atoms with Crippen LogP contribution in [0.15, 0.2) is 30.5 Å². The molecule has 4 rings (SSSR count). The van der Waals surface area contributed by atoms with Gasteiger partial charge in [-0.15, -0.1) is 0 Å². The van der Waals surface area contributed by atoms with Crippen molar-refractivity contribution in [2.24, 2.45) is 11.8 Å². The number of carbonyl (C=O) groups excluding carboxylic acids is 4. The zero-order valence-electron chi connectivity index (χ0n) is 16.5. The molecule has 1 saturated carbocycles. The van der Waals surface area contributed by atoms with Gasteiger partial charge in [-0.2, -0.15) is 0 Å². The lowest BCUT2D eigenvalue weighted by atomic mass is 9.81. The molecule has 1 aliphatic carbocycles. The van der Waals surface area contributed by atoms with Gasteiger partial charge in [0.1, 0.15) is 6.04 Å². The Morgan fingerprint density at radius 1 is 1.07 bits per heavy atom. The third-order valence-electron chi connectivity index (χ3n) is 6.12. The Morgan fingerprint density at radius 3 is 2.34 bits per heavy atom. The molecule has 7 heteroatoms. The topological polar surface area (TPSA) is 96.5 Å². The smallest absolute Gasteiger partial charge is 0.329 e. The van der Waals surface area contributed by atoms with Crippen LogP contribution in [0, 0.1) is 11.8 Å². The van der Waals surface area contributed by atoms with Crippen molar-refractivity contribution in [2.75, 3.05) is 0 Å². The number of aromatic nitrogens is 1. The van der Waals surface area contributed by atoms with Crippen molar-refractivity contribution in [1.82, 2.24) is 9.88 Å². The number of nitrogens with one attached hydrogen (secondary N) is 1.